The van der Waals surface area contributed by atoms with Crippen LogP contribution in [0.4, 0.5) is 14.5 Å². The first-order valence-corrected chi connectivity index (χ1v) is 7.48. The van der Waals surface area contributed by atoms with Crippen LogP contribution < -0.4 is 5.32 Å². The Morgan fingerprint density at radius 3 is 2.52 bits per heavy atom. The van der Waals surface area contributed by atoms with Crippen LogP contribution in [0.1, 0.15) is 34.2 Å². The lowest BCUT2D eigenvalue weighted by atomic mass is 10.1. The number of aromatic nitrogens is 1. The minimum atomic E-state index is -1.79. The van der Waals surface area contributed by atoms with Gasteiger partial charge in [-0.25, -0.2) is 9.78 Å². The Morgan fingerprint density at radius 1 is 1.12 bits per heavy atom. The lowest BCUT2D eigenvalue weighted by molar-refractivity contribution is 0.0498. The number of ether oxygens (including phenoxy) is 1. The van der Waals surface area contributed by atoms with Crippen LogP contribution in [0.25, 0.3) is 0 Å². The van der Waals surface area contributed by atoms with Crippen molar-refractivity contribution in [2.75, 3.05) is 11.9 Å². The monoisotopic (exact) mass is 346 g/mol. The second kappa shape index (κ2) is 8.68. The maximum Gasteiger partial charge on any atom is 0.357 e. The molecule has 1 amide bonds. The van der Waals surface area contributed by atoms with E-state index in [4.69, 9.17) is 4.74 Å². The van der Waals surface area contributed by atoms with Crippen molar-refractivity contribution < 1.29 is 23.1 Å². The first-order chi connectivity index (χ1) is 12.0. The van der Waals surface area contributed by atoms with Crippen molar-refractivity contribution in [3.63, 3.8) is 0 Å². The minimum absolute atomic E-state index is 0.0419. The molecule has 1 aromatic carbocycles. The van der Waals surface area contributed by atoms with Crippen molar-refractivity contribution >= 4 is 17.6 Å². The third-order valence-corrected chi connectivity index (χ3v) is 3.31. The molecule has 2 rings (SSSR count). The molecular formula is C18H16F2N2O3. The second-order valence-electron chi connectivity index (χ2n) is 5.15. The van der Waals surface area contributed by atoms with Crippen LogP contribution in [-0.4, -0.2) is 23.5 Å². The van der Waals surface area contributed by atoms with E-state index in [9.17, 15) is 18.4 Å². The molecule has 0 saturated carbocycles. The van der Waals surface area contributed by atoms with Crippen molar-refractivity contribution in [1.29, 1.82) is 0 Å². The number of amides is 1. The fraction of sp³-hybridized carbons (Fsp3) is 0.167. The van der Waals surface area contributed by atoms with Gasteiger partial charge in [-0.15, -0.1) is 0 Å². The van der Waals surface area contributed by atoms with E-state index in [-0.39, 0.29) is 29.9 Å². The van der Waals surface area contributed by atoms with Gasteiger partial charge in [-0.05, 0) is 36.8 Å². The number of carbonyl (C=O) groups excluding carboxylic acids is 2. The molecule has 5 nitrogen and oxygen atoms in total. The molecule has 0 aliphatic carbocycles. The summed E-state index contributed by atoms with van der Waals surface area (Å²) in [5.41, 5.74) is 0.282. The van der Waals surface area contributed by atoms with E-state index in [0.717, 1.165) is 0 Å². The van der Waals surface area contributed by atoms with Gasteiger partial charge in [0, 0.05) is 18.3 Å². The molecule has 0 aliphatic rings. The Labute approximate surface area is 143 Å². The van der Waals surface area contributed by atoms with E-state index in [1.807, 2.05) is 0 Å². The van der Waals surface area contributed by atoms with Gasteiger partial charge in [0.1, 0.15) is 0 Å². The largest absolute Gasteiger partial charge is 0.461 e. The summed E-state index contributed by atoms with van der Waals surface area (Å²) in [5.74, 6) is -1.36. The standard InChI is InChI=1S/C18H16F2N2O3/c1-12(16(19)20)9-11-25-18(24)15-14(8-5-10-21-15)17(23)22-13-6-3-2-4-7-13/h2-8,10H,9,11H2,1H3,(H,22,23). The van der Waals surface area contributed by atoms with Crippen LogP contribution in [0.15, 0.2) is 60.3 Å². The average molecular weight is 346 g/mol. The van der Waals surface area contributed by atoms with Gasteiger partial charge in [0.25, 0.3) is 12.0 Å². The Morgan fingerprint density at radius 2 is 1.84 bits per heavy atom. The fourth-order valence-electron chi connectivity index (χ4n) is 1.93. The van der Waals surface area contributed by atoms with Gasteiger partial charge < -0.3 is 10.1 Å². The van der Waals surface area contributed by atoms with Crippen LogP contribution in [0.2, 0.25) is 0 Å². The number of halogens is 2. The summed E-state index contributed by atoms with van der Waals surface area (Å²) >= 11 is 0. The van der Waals surface area contributed by atoms with Crippen LogP contribution in [-0.2, 0) is 4.74 Å². The molecule has 1 N–H and O–H groups in total. The first kappa shape index (κ1) is 18.3. The highest BCUT2D eigenvalue weighted by Gasteiger charge is 2.19. The third-order valence-electron chi connectivity index (χ3n) is 3.31. The Bertz CT molecular complexity index is 788. The molecule has 0 unspecified atom stereocenters. The van der Waals surface area contributed by atoms with E-state index >= 15 is 0 Å². The molecular weight excluding hydrogens is 330 g/mol. The van der Waals surface area contributed by atoms with Gasteiger partial charge in [-0.2, -0.15) is 8.78 Å². The maximum absolute atomic E-state index is 12.3. The SMILES string of the molecule is CC(CCOC(=O)c1ncccc1C(=O)Nc1ccccc1)=C(F)F. The van der Waals surface area contributed by atoms with Crippen molar-refractivity contribution in [1.82, 2.24) is 4.98 Å². The summed E-state index contributed by atoms with van der Waals surface area (Å²) in [5, 5.41) is 2.65. The second-order valence-corrected chi connectivity index (χ2v) is 5.15. The van der Waals surface area contributed by atoms with Gasteiger partial charge in [0.2, 0.25) is 0 Å². The molecule has 0 radical (unpaired) electrons. The van der Waals surface area contributed by atoms with E-state index in [2.05, 4.69) is 10.3 Å². The summed E-state index contributed by atoms with van der Waals surface area (Å²) in [7, 11) is 0. The number of anilines is 1. The van der Waals surface area contributed by atoms with Crippen molar-refractivity contribution in [2.45, 2.75) is 13.3 Å². The Balaban J connectivity index is 2.08. The third kappa shape index (κ3) is 5.20. The summed E-state index contributed by atoms with van der Waals surface area (Å²) in [4.78, 5) is 28.3. The number of nitrogens with one attached hydrogen (secondary N) is 1. The first-order valence-electron chi connectivity index (χ1n) is 7.48. The molecule has 0 atom stereocenters. The summed E-state index contributed by atoms with van der Waals surface area (Å²) in [6, 6.07) is 11.7. The highest BCUT2D eigenvalue weighted by atomic mass is 19.3. The van der Waals surface area contributed by atoms with Gasteiger partial charge >= 0.3 is 5.97 Å². The van der Waals surface area contributed by atoms with Gasteiger partial charge in [-0.1, -0.05) is 18.2 Å². The Kier molecular flexibility index (Phi) is 6.33. The van der Waals surface area contributed by atoms with E-state index in [1.54, 1.807) is 30.3 Å². The smallest absolute Gasteiger partial charge is 0.357 e. The number of hydrogen-bond donors (Lipinski definition) is 1. The number of nitrogens with zero attached hydrogens (tertiary/aromatic N) is 1. The summed E-state index contributed by atoms with van der Waals surface area (Å²) in [6.07, 6.45) is -0.536. The molecule has 2 aromatic rings. The van der Waals surface area contributed by atoms with Gasteiger partial charge in [-0.3, -0.25) is 4.79 Å². The van der Waals surface area contributed by atoms with Crippen molar-refractivity contribution in [3.05, 3.63) is 71.6 Å². The zero-order chi connectivity index (χ0) is 18.2. The number of pyridine rings is 1. The number of benzene rings is 1. The van der Waals surface area contributed by atoms with Gasteiger partial charge in [0.15, 0.2) is 5.69 Å². The zero-order valence-electron chi connectivity index (χ0n) is 13.5. The molecule has 0 bridgehead atoms. The minimum Gasteiger partial charge on any atom is -0.461 e. The quantitative estimate of drug-likeness (QED) is 0.801. The van der Waals surface area contributed by atoms with Crippen LogP contribution in [0, 0.1) is 0 Å². The van der Waals surface area contributed by atoms with Crippen molar-refractivity contribution in [2.24, 2.45) is 0 Å². The van der Waals surface area contributed by atoms with Crippen molar-refractivity contribution in [3.8, 4) is 0 Å². The fourth-order valence-corrected chi connectivity index (χ4v) is 1.93. The number of rotatable bonds is 6. The predicted octanol–water partition coefficient (Wildman–Crippen LogP) is 4.05. The zero-order valence-corrected chi connectivity index (χ0v) is 13.5. The molecule has 130 valence electrons. The van der Waals surface area contributed by atoms with Crippen LogP contribution in [0.3, 0.4) is 0 Å². The van der Waals surface area contributed by atoms with Gasteiger partial charge in [0.05, 0.1) is 12.2 Å². The predicted molar refractivity (Wildman–Crippen MR) is 88.4 cm³/mol. The van der Waals surface area contributed by atoms with Crippen LogP contribution >= 0.6 is 0 Å². The molecule has 0 fully saturated rings. The Hall–Kier alpha value is -3.09. The normalized spacial score (nSPS) is 10.0. The van der Waals surface area contributed by atoms with E-state index in [1.165, 1.54) is 25.3 Å². The highest BCUT2D eigenvalue weighted by molar-refractivity contribution is 6.10. The average Bonchev–Trinajstić information content (AvgIpc) is 2.62. The number of esters is 1. The van der Waals surface area contributed by atoms with E-state index in [0.29, 0.717) is 5.69 Å². The topological polar surface area (TPSA) is 68.3 Å². The molecule has 25 heavy (non-hydrogen) atoms. The molecule has 7 heteroatoms. The molecule has 0 saturated heterocycles. The lowest BCUT2D eigenvalue weighted by Gasteiger charge is -2.09. The summed E-state index contributed by atoms with van der Waals surface area (Å²) < 4.78 is 29.6. The van der Waals surface area contributed by atoms with E-state index < -0.39 is 18.0 Å². The molecule has 1 heterocycles. The lowest BCUT2D eigenvalue weighted by Crippen LogP contribution is -2.19. The summed E-state index contributed by atoms with van der Waals surface area (Å²) in [6.45, 7) is 1.03. The molecule has 0 spiro atoms. The van der Waals surface area contributed by atoms with Crippen LogP contribution in [0.5, 0.6) is 0 Å². The number of para-hydroxylation sites is 1. The number of hydrogen-bond acceptors (Lipinski definition) is 4. The molecule has 1 aromatic heterocycles. The molecule has 0 aliphatic heterocycles. The highest BCUT2D eigenvalue weighted by Crippen LogP contribution is 2.14. The number of carbonyl (C=O) groups is 2. The maximum atomic E-state index is 12.3.